The predicted molar refractivity (Wildman–Crippen MR) is 128 cm³/mol. The van der Waals surface area contributed by atoms with Crippen LogP contribution in [0.25, 0.3) is 32.6 Å². The van der Waals surface area contributed by atoms with E-state index in [-0.39, 0.29) is 30.2 Å². The number of hydrogen-bond acceptors (Lipinski definition) is 7. The number of nitrogens with zero attached hydrogens (tertiary/aromatic N) is 4. The van der Waals surface area contributed by atoms with Crippen LogP contribution in [0, 0.1) is 6.92 Å². The van der Waals surface area contributed by atoms with Crippen LogP contribution in [0.3, 0.4) is 0 Å². The molecule has 170 valence electrons. The quantitative estimate of drug-likeness (QED) is 0.372. The molecule has 0 spiro atoms. The summed E-state index contributed by atoms with van der Waals surface area (Å²) < 4.78 is 6.64. The third-order valence-corrected chi connectivity index (χ3v) is 6.35. The normalized spacial score (nSPS) is 11.0. The number of nitrogens with one attached hydrogen (secondary N) is 2. The van der Waals surface area contributed by atoms with E-state index >= 15 is 0 Å². The highest BCUT2D eigenvalue weighted by Gasteiger charge is 2.15. The number of hydrogen-bond donors (Lipinski definition) is 2. The van der Waals surface area contributed by atoms with Gasteiger partial charge in [-0.25, -0.2) is 9.67 Å². The third-order valence-electron chi connectivity index (χ3n) is 5.12. The van der Waals surface area contributed by atoms with E-state index in [4.69, 9.17) is 4.42 Å². The summed E-state index contributed by atoms with van der Waals surface area (Å²) >= 11 is 1.53. The molecule has 34 heavy (non-hydrogen) atoms. The molecule has 0 saturated heterocycles. The number of aromatic amines is 1. The molecule has 0 aliphatic heterocycles. The number of aryl methyl sites for hydroxylation is 1. The lowest BCUT2D eigenvalue weighted by atomic mass is 10.2. The van der Waals surface area contributed by atoms with Crippen molar-refractivity contribution in [1.82, 2.24) is 30.3 Å². The Kier molecular flexibility index (Phi) is 5.88. The fraction of sp³-hybridized carbons (Fsp3) is 0.125. The van der Waals surface area contributed by atoms with Crippen molar-refractivity contribution in [3.8, 4) is 32.6 Å². The third kappa shape index (κ3) is 4.44. The van der Waals surface area contributed by atoms with Gasteiger partial charge >= 0.3 is 0 Å². The first kappa shape index (κ1) is 21.5. The van der Waals surface area contributed by atoms with Crippen LogP contribution in [0.4, 0.5) is 0 Å². The van der Waals surface area contributed by atoms with E-state index in [1.165, 1.54) is 22.1 Å². The fourth-order valence-electron chi connectivity index (χ4n) is 3.43. The van der Waals surface area contributed by atoms with Gasteiger partial charge in [-0.1, -0.05) is 30.3 Å². The lowest BCUT2D eigenvalue weighted by Crippen LogP contribution is -2.32. The van der Waals surface area contributed by atoms with E-state index < -0.39 is 0 Å². The molecular weight excluding hydrogens is 452 g/mol. The number of thiazole rings is 1. The van der Waals surface area contributed by atoms with E-state index in [1.807, 2.05) is 37.3 Å². The highest BCUT2D eigenvalue weighted by atomic mass is 32.1. The minimum Gasteiger partial charge on any atom is -0.463 e. The van der Waals surface area contributed by atoms with Gasteiger partial charge in [0.2, 0.25) is 0 Å². The number of carbonyl (C=O) groups is 1. The number of carbonyl (C=O) groups excluding carboxylic acids is 1. The summed E-state index contributed by atoms with van der Waals surface area (Å²) in [5.41, 5.74) is 3.14. The fourth-order valence-corrected chi connectivity index (χ4v) is 4.47. The van der Waals surface area contributed by atoms with Gasteiger partial charge in [0.05, 0.1) is 23.4 Å². The van der Waals surface area contributed by atoms with Crippen LogP contribution in [-0.4, -0.2) is 37.4 Å². The molecule has 0 aliphatic carbocycles. The Labute approximate surface area is 198 Å². The molecule has 5 aromatic rings. The molecule has 0 saturated carbocycles. The van der Waals surface area contributed by atoms with Crippen LogP contribution in [-0.2, 0) is 6.54 Å². The van der Waals surface area contributed by atoms with Gasteiger partial charge in [-0.3, -0.25) is 14.7 Å². The monoisotopic (exact) mass is 472 g/mol. The molecule has 0 unspecified atom stereocenters. The lowest BCUT2D eigenvalue weighted by molar-refractivity contribution is 0.0946. The van der Waals surface area contributed by atoms with Crippen molar-refractivity contribution in [1.29, 1.82) is 0 Å². The molecule has 1 aromatic carbocycles. The second kappa shape index (κ2) is 9.28. The van der Waals surface area contributed by atoms with Crippen LogP contribution in [0.15, 0.2) is 76.1 Å². The van der Waals surface area contributed by atoms with Crippen molar-refractivity contribution < 1.29 is 9.21 Å². The van der Waals surface area contributed by atoms with Crippen molar-refractivity contribution >= 4 is 17.2 Å². The standard InChI is InChI=1S/C24H20N6O3S/c1-15-22(34-24(26-15)16-6-3-2-4-7-16)17-9-10-21(31)30(29-17)12-11-25-23(32)19-14-18(27-28-19)20-8-5-13-33-20/h2-10,13-14H,11-12H2,1H3,(H,25,32)(H,27,28). The van der Waals surface area contributed by atoms with Crippen molar-refractivity contribution in [2.75, 3.05) is 6.54 Å². The van der Waals surface area contributed by atoms with Gasteiger partial charge in [0, 0.05) is 24.2 Å². The molecule has 5 rings (SSSR count). The largest absolute Gasteiger partial charge is 0.463 e. The first-order valence-electron chi connectivity index (χ1n) is 10.6. The average Bonchev–Trinajstić information content (AvgIpc) is 3.62. The molecule has 0 bridgehead atoms. The highest BCUT2D eigenvalue weighted by molar-refractivity contribution is 7.18. The molecule has 9 nitrogen and oxygen atoms in total. The zero-order valence-electron chi connectivity index (χ0n) is 18.2. The smallest absolute Gasteiger partial charge is 0.271 e. The summed E-state index contributed by atoms with van der Waals surface area (Å²) in [7, 11) is 0. The van der Waals surface area contributed by atoms with Gasteiger partial charge in [-0.05, 0) is 25.1 Å². The number of benzene rings is 1. The number of H-pyrrole nitrogens is 1. The molecule has 0 radical (unpaired) electrons. The molecule has 0 fully saturated rings. The number of amides is 1. The van der Waals surface area contributed by atoms with Crippen LogP contribution >= 0.6 is 11.3 Å². The predicted octanol–water partition coefficient (Wildman–Crippen LogP) is 3.76. The SMILES string of the molecule is Cc1nc(-c2ccccc2)sc1-c1ccc(=O)n(CCNC(=O)c2cc(-c3ccco3)[nH]n2)n1. The second-order valence-electron chi connectivity index (χ2n) is 7.48. The molecule has 4 aromatic heterocycles. The zero-order chi connectivity index (χ0) is 23.5. The molecule has 2 N–H and O–H groups in total. The maximum Gasteiger partial charge on any atom is 0.271 e. The Balaban J connectivity index is 1.27. The maximum atomic E-state index is 12.4. The Morgan fingerprint density at radius 2 is 2.00 bits per heavy atom. The molecule has 10 heteroatoms. The highest BCUT2D eigenvalue weighted by Crippen LogP contribution is 2.33. The van der Waals surface area contributed by atoms with Gasteiger partial charge in [-0.15, -0.1) is 11.3 Å². The van der Waals surface area contributed by atoms with E-state index in [0.717, 1.165) is 21.1 Å². The molecule has 4 heterocycles. The van der Waals surface area contributed by atoms with Gasteiger partial charge in [0.15, 0.2) is 11.5 Å². The average molecular weight is 473 g/mol. The summed E-state index contributed by atoms with van der Waals surface area (Å²) in [5.74, 6) is 0.233. The first-order chi connectivity index (χ1) is 16.6. The first-order valence-corrected chi connectivity index (χ1v) is 11.4. The van der Waals surface area contributed by atoms with Crippen molar-refractivity contribution in [2.45, 2.75) is 13.5 Å². The molecular formula is C24H20N6O3S. The second-order valence-corrected chi connectivity index (χ2v) is 8.48. The van der Waals surface area contributed by atoms with Crippen molar-refractivity contribution in [3.05, 3.63) is 88.7 Å². The Hall–Kier alpha value is -4.31. The van der Waals surface area contributed by atoms with Gasteiger partial charge in [-0.2, -0.15) is 10.2 Å². The van der Waals surface area contributed by atoms with Gasteiger partial charge in [0.25, 0.3) is 11.5 Å². The van der Waals surface area contributed by atoms with Crippen LogP contribution in [0.1, 0.15) is 16.2 Å². The van der Waals surface area contributed by atoms with E-state index in [9.17, 15) is 9.59 Å². The van der Waals surface area contributed by atoms with E-state index in [2.05, 4.69) is 25.6 Å². The number of furan rings is 1. The van der Waals surface area contributed by atoms with Gasteiger partial charge < -0.3 is 9.73 Å². The minimum atomic E-state index is -0.357. The van der Waals surface area contributed by atoms with Gasteiger partial charge in [0.1, 0.15) is 16.4 Å². The lowest BCUT2D eigenvalue weighted by Gasteiger charge is -2.07. The molecule has 1 amide bonds. The Bertz CT molecular complexity index is 1480. The zero-order valence-corrected chi connectivity index (χ0v) is 19.0. The van der Waals surface area contributed by atoms with E-state index in [0.29, 0.717) is 17.1 Å². The Morgan fingerprint density at radius 1 is 1.15 bits per heavy atom. The van der Waals surface area contributed by atoms with Crippen molar-refractivity contribution in [3.63, 3.8) is 0 Å². The van der Waals surface area contributed by atoms with Crippen LogP contribution < -0.4 is 10.9 Å². The minimum absolute atomic E-state index is 0.217. The topological polar surface area (TPSA) is 119 Å². The molecule has 0 aliphatic rings. The summed E-state index contributed by atoms with van der Waals surface area (Å²) in [4.78, 5) is 30.3. The summed E-state index contributed by atoms with van der Waals surface area (Å²) in [5, 5.41) is 15.0. The Morgan fingerprint density at radius 3 is 2.79 bits per heavy atom. The van der Waals surface area contributed by atoms with E-state index in [1.54, 1.807) is 30.5 Å². The maximum absolute atomic E-state index is 12.4. The van der Waals surface area contributed by atoms with Crippen LogP contribution in [0.5, 0.6) is 0 Å². The number of rotatable bonds is 7. The summed E-state index contributed by atoms with van der Waals surface area (Å²) in [6.07, 6.45) is 1.55. The molecule has 0 atom stereocenters. The van der Waals surface area contributed by atoms with Crippen molar-refractivity contribution in [2.24, 2.45) is 0 Å². The summed E-state index contributed by atoms with van der Waals surface area (Å²) in [6, 6.07) is 18.2. The van der Waals surface area contributed by atoms with Crippen LogP contribution in [0.2, 0.25) is 0 Å². The summed E-state index contributed by atoms with van der Waals surface area (Å²) in [6.45, 7) is 2.36. The number of aromatic nitrogens is 5.